The van der Waals surface area contributed by atoms with Crippen LogP contribution in [-0.2, 0) is 23.1 Å². The second kappa shape index (κ2) is 6.60. The first kappa shape index (κ1) is 17.0. The number of benzene rings is 1. The lowest BCUT2D eigenvalue weighted by Gasteiger charge is -2.04. The van der Waals surface area contributed by atoms with E-state index in [1.54, 1.807) is 32.3 Å². The molecule has 0 aliphatic heterocycles. The van der Waals surface area contributed by atoms with E-state index in [1.807, 2.05) is 0 Å². The summed E-state index contributed by atoms with van der Waals surface area (Å²) in [5, 5.41) is 4.02. The number of carbonyl (C=O) groups excluding carboxylic acids is 2. The molecule has 25 heavy (non-hydrogen) atoms. The van der Waals surface area contributed by atoms with E-state index in [-0.39, 0.29) is 16.9 Å². The Labute approximate surface area is 146 Å². The van der Waals surface area contributed by atoms with Gasteiger partial charge in [0.1, 0.15) is 18.1 Å². The zero-order valence-electron chi connectivity index (χ0n) is 13.8. The molecule has 0 radical (unpaired) electrons. The maximum Gasteiger partial charge on any atom is 0.325 e. The van der Waals surface area contributed by atoms with E-state index in [0.29, 0.717) is 16.0 Å². The summed E-state index contributed by atoms with van der Waals surface area (Å²) in [4.78, 5) is 28.6. The number of ether oxygens (including phenoxy) is 1. The molecule has 1 aromatic carbocycles. The van der Waals surface area contributed by atoms with Crippen molar-refractivity contribution in [1.82, 2.24) is 14.3 Å². The number of hydrogen-bond donors (Lipinski definition) is 0. The molecule has 0 aliphatic rings. The van der Waals surface area contributed by atoms with E-state index in [9.17, 15) is 14.0 Å². The lowest BCUT2D eigenvalue weighted by atomic mass is 10.3. The normalized spacial score (nSPS) is 11.9. The maximum atomic E-state index is 14.2. The second-order valence-corrected chi connectivity index (χ2v) is 6.36. The van der Waals surface area contributed by atoms with Gasteiger partial charge in [-0.05, 0) is 19.1 Å². The van der Waals surface area contributed by atoms with Crippen LogP contribution >= 0.6 is 11.3 Å². The summed E-state index contributed by atoms with van der Waals surface area (Å²) < 4.78 is 22.3. The lowest BCUT2D eigenvalue weighted by molar-refractivity contribution is -0.141. The summed E-state index contributed by atoms with van der Waals surface area (Å²) in [6.07, 6.45) is 1.57. The monoisotopic (exact) mass is 362 g/mol. The average Bonchev–Trinajstić information content (AvgIpc) is 3.08. The van der Waals surface area contributed by atoms with Crippen molar-refractivity contribution >= 4 is 33.4 Å². The molecule has 0 saturated carbocycles. The lowest BCUT2D eigenvalue weighted by Crippen LogP contribution is -2.23. The molecule has 0 N–H and O–H groups in total. The number of methoxy groups -OCH3 is 1. The van der Waals surface area contributed by atoms with Gasteiger partial charge in [0.25, 0.3) is 5.91 Å². The highest BCUT2D eigenvalue weighted by Crippen LogP contribution is 2.20. The summed E-state index contributed by atoms with van der Waals surface area (Å²) in [5.74, 6) is -1.57. The maximum absolute atomic E-state index is 14.2. The van der Waals surface area contributed by atoms with Crippen molar-refractivity contribution in [2.75, 3.05) is 7.11 Å². The summed E-state index contributed by atoms with van der Waals surface area (Å²) >= 11 is 1.13. The quantitative estimate of drug-likeness (QED) is 0.666. The van der Waals surface area contributed by atoms with Crippen LogP contribution in [0.15, 0.2) is 29.4 Å². The summed E-state index contributed by atoms with van der Waals surface area (Å²) in [6.45, 7) is 1.51. The molecule has 3 aromatic rings. The minimum atomic E-state index is -0.562. The van der Waals surface area contributed by atoms with Gasteiger partial charge in [0.15, 0.2) is 4.80 Å². The van der Waals surface area contributed by atoms with Crippen LogP contribution in [0.5, 0.6) is 0 Å². The van der Waals surface area contributed by atoms with Crippen LogP contribution in [-0.4, -0.2) is 33.3 Å². The number of aryl methyl sites for hydroxylation is 2. The molecule has 2 heterocycles. The topological polar surface area (TPSA) is 78.5 Å². The number of nitrogens with zero attached hydrogens (tertiary/aromatic N) is 4. The van der Waals surface area contributed by atoms with Gasteiger partial charge >= 0.3 is 5.97 Å². The molecule has 0 saturated heterocycles. The van der Waals surface area contributed by atoms with Crippen molar-refractivity contribution < 1.29 is 18.7 Å². The predicted molar refractivity (Wildman–Crippen MR) is 89.6 cm³/mol. The fourth-order valence-corrected chi connectivity index (χ4v) is 3.55. The SMILES string of the molecule is COC(=O)Cn1c(=NC(=O)c2c(C)cnn2C)sc2cccc(F)c21. The van der Waals surface area contributed by atoms with E-state index in [4.69, 9.17) is 0 Å². The first-order valence-corrected chi connectivity index (χ1v) is 8.16. The van der Waals surface area contributed by atoms with Crippen molar-refractivity contribution in [2.24, 2.45) is 12.0 Å². The van der Waals surface area contributed by atoms with E-state index < -0.39 is 17.7 Å². The Hall–Kier alpha value is -2.81. The van der Waals surface area contributed by atoms with Gasteiger partial charge in [-0.1, -0.05) is 17.4 Å². The number of halogens is 1. The molecule has 0 spiro atoms. The Bertz CT molecular complexity index is 1030. The summed E-state index contributed by atoms with van der Waals surface area (Å²) in [6, 6.07) is 4.56. The highest BCUT2D eigenvalue weighted by molar-refractivity contribution is 7.16. The first-order valence-electron chi connectivity index (χ1n) is 7.34. The molecule has 0 bridgehead atoms. The van der Waals surface area contributed by atoms with Gasteiger partial charge in [-0.25, -0.2) is 4.39 Å². The van der Waals surface area contributed by atoms with Crippen LogP contribution in [0.2, 0.25) is 0 Å². The third kappa shape index (κ3) is 3.10. The highest BCUT2D eigenvalue weighted by atomic mass is 32.1. The number of thiazole rings is 1. The summed E-state index contributed by atoms with van der Waals surface area (Å²) in [5.41, 5.74) is 1.23. The zero-order chi connectivity index (χ0) is 18.1. The highest BCUT2D eigenvalue weighted by Gasteiger charge is 2.17. The molecule has 0 aliphatic carbocycles. The third-order valence-corrected chi connectivity index (χ3v) is 4.73. The Morgan fingerprint density at radius 1 is 1.40 bits per heavy atom. The molecule has 0 atom stereocenters. The fraction of sp³-hybridized carbons (Fsp3) is 0.250. The largest absolute Gasteiger partial charge is 0.468 e. The van der Waals surface area contributed by atoms with Gasteiger partial charge in [0, 0.05) is 12.6 Å². The van der Waals surface area contributed by atoms with E-state index >= 15 is 0 Å². The van der Waals surface area contributed by atoms with Crippen LogP contribution in [0, 0.1) is 12.7 Å². The van der Waals surface area contributed by atoms with Gasteiger partial charge in [-0.15, -0.1) is 0 Å². The Balaban J connectivity index is 2.21. The van der Waals surface area contributed by atoms with Crippen molar-refractivity contribution in [3.63, 3.8) is 0 Å². The molecular weight excluding hydrogens is 347 g/mol. The van der Waals surface area contributed by atoms with Crippen molar-refractivity contribution in [3.8, 4) is 0 Å². The first-order chi connectivity index (χ1) is 11.9. The van der Waals surface area contributed by atoms with Gasteiger partial charge in [-0.2, -0.15) is 10.1 Å². The Morgan fingerprint density at radius 3 is 2.80 bits per heavy atom. The average molecular weight is 362 g/mol. The smallest absolute Gasteiger partial charge is 0.325 e. The summed E-state index contributed by atoms with van der Waals surface area (Å²) in [7, 11) is 2.89. The molecule has 9 heteroatoms. The molecule has 0 unspecified atom stereocenters. The van der Waals surface area contributed by atoms with Crippen LogP contribution in [0.1, 0.15) is 16.1 Å². The number of carbonyl (C=O) groups is 2. The van der Waals surface area contributed by atoms with Gasteiger partial charge in [-0.3, -0.25) is 14.3 Å². The van der Waals surface area contributed by atoms with Crippen LogP contribution < -0.4 is 4.80 Å². The van der Waals surface area contributed by atoms with Crippen molar-refractivity contribution in [2.45, 2.75) is 13.5 Å². The third-order valence-electron chi connectivity index (χ3n) is 3.69. The molecule has 0 fully saturated rings. The standard InChI is InChI=1S/C16H15FN4O3S/c1-9-7-18-20(2)13(9)15(23)19-16-21(8-12(22)24-3)14-10(17)5-4-6-11(14)25-16/h4-7H,8H2,1-3H3. The van der Waals surface area contributed by atoms with Gasteiger partial charge < -0.3 is 9.30 Å². The molecular formula is C16H15FN4O3S. The second-order valence-electron chi connectivity index (χ2n) is 5.35. The number of esters is 1. The van der Waals surface area contributed by atoms with Crippen LogP contribution in [0.3, 0.4) is 0 Å². The van der Waals surface area contributed by atoms with Crippen molar-refractivity contribution in [3.05, 3.63) is 46.3 Å². The molecule has 1 amide bonds. The number of amides is 1. The van der Waals surface area contributed by atoms with Crippen molar-refractivity contribution in [1.29, 1.82) is 0 Å². The number of para-hydroxylation sites is 1. The fourth-order valence-electron chi connectivity index (χ4n) is 2.51. The molecule has 130 valence electrons. The van der Waals surface area contributed by atoms with Crippen LogP contribution in [0.25, 0.3) is 10.2 Å². The van der Waals surface area contributed by atoms with E-state index in [0.717, 1.165) is 11.3 Å². The number of fused-ring (bicyclic) bond motifs is 1. The van der Waals surface area contributed by atoms with Crippen LogP contribution in [0.4, 0.5) is 4.39 Å². The number of aromatic nitrogens is 3. The minimum absolute atomic E-state index is 0.214. The molecule has 3 rings (SSSR count). The van der Waals surface area contributed by atoms with E-state index in [2.05, 4.69) is 14.8 Å². The minimum Gasteiger partial charge on any atom is -0.468 e. The zero-order valence-corrected chi connectivity index (χ0v) is 14.6. The molecule has 2 aromatic heterocycles. The number of rotatable bonds is 3. The Morgan fingerprint density at radius 2 is 2.16 bits per heavy atom. The molecule has 7 nitrogen and oxygen atoms in total. The van der Waals surface area contributed by atoms with E-state index in [1.165, 1.54) is 22.4 Å². The van der Waals surface area contributed by atoms with Gasteiger partial charge in [0.2, 0.25) is 0 Å². The predicted octanol–water partition coefficient (Wildman–Crippen LogP) is 1.80. The van der Waals surface area contributed by atoms with Gasteiger partial charge in [0.05, 0.1) is 23.5 Å². The Kier molecular flexibility index (Phi) is 4.49. The number of hydrogen-bond acceptors (Lipinski definition) is 5.